The van der Waals surface area contributed by atoms with Gasteiger partial charge in [-0.3, -0.25) is 15.0 Å². The number of hydrogen-bond acceptors (Lipinski definition) is 6. The molecule has 0 bridgehead atoms. The monoisotopic (exact) mass is 410 g/mol. The first-order valence-corrected chi connectivity index (χ1v) is 9.50. The van der Waals surface area contributed by atoms with Crippen molar-refractivity contribution < 1.29 is 34.6 Å². The largest absolute Gasteiger partial charge is 0.631 e. The maximum absolute atomic E-state index is 12.3. The third kappa shape index (κ3) is 12.6. The normalized spacial score (nSPS) is 11.1. The highest BCUT2D eigenvalue weighted by Gasteiger charge is 2.31. The molecule has 0 heterocycles. The zero-order valence-corrected chi connectivity index (χ0v) is 17.1. The summed E-state index contributed by atoms with van der Waals surface area (Å²) in [5.41, 5.74) is 3.54. The van der Waals surface area contributed by atoms with Crippen LogP contribution in [0.5, 0.6) is 0 Å². The summed E-state index contributed by atoms with van der Waals surface area (Å²) in [6.45, 7) is 5.61. The van der Waals surface area contributed by atoms with Crippen LogP contribution in [0.2, 0.25) is 0 Å². The molecule has 2 amide bonds. The molecule has 0 aromatic heterocycles. The quantitative estimate of drug-likeness (QED) is 0.298. The van der Waals surface area contributed by atoms with E-state index in [-0.39, 0.29) is 37.0 Å². The smallest absolute Gasteiger partial charge is 0.480 e. The molecule has 0 spiro atoms. The predicted octanol–water partition coefficient (Wildman–Crippen LogP) is 0.727. The minimum Gasteiger partial charge on any atom is -0.480 e. The van der Waals surface area contributed by atoms with Crippen LogP contribution in [-0.4, -0.2) is 56.3 Å². The number of nitrogens with one attached hydrogen (secondary N) is 1. The molecule has 0 saturated heterocycles. The summed E-state index contributed by atoms with van der Waals surface area (Å²) in [6, 6.07) is 8.48. The molecule has 1 aromatic rings. The van der Waals surface area contributed by atoms with E-state index in [1.54, 1.807) is 0 Å². The molecule has 0 aliphatic carbocycles. The van der Waals surface area contributed by atoms with Crippen LogP contribution in [0.1, 0.15) is 52.0 Å². The number of aryl methyl sites for hydroxylation is 1. The Balaban J connectivity index is 0.00000178. The molecule has 1 atom stereocenters. The summed E-state index contributed by atoms with van der Waals surface area (Å²) in [6.07, 6.45) is 1.78. The Morgan fingerprint density at radius 1 is 1.07 bits per heavy atom. The second-order valence-corrected chi connectivity index (χ2v) is 6.86. The summed E-state index contributed by atoms with van der Waals surface area (Å²) in [5.74, 6) is -1.76. The van der Waals surface area contributed by atoms with Crippen molar-refractivity contribution in [2.45, 2.75) is 58.9 Å². The number of benzene rings is 1. The van der Waals surface area contributed by atoms with Crippen molar-refractivity contribution in [2.75, 3.05) is 0 Å². The molecule has 0 radical (unpaired) electrons. The average molecular weight is 410 g/mol. The fourth-order valence-electron chi connectivity index (χ4n) is 2.50. The number of carboxylic acids is 1. The predicted molar refractivity (Wildman–Crippen MR) is 108 cm³/mol. The van der Waals surface area contributed by atoms with E-state index in [4.69, 9.17) is 15.1 Å². The number of hydrazine groups is 1. The van der Waals surface area contributed by atoms with Crippen LogP contribution < -0.4 is 5.43 Å². The summed E-state index contributed by atoms with van der Waals surface area (Å²) >= 11 is 0. The van der Waals surface area contributed by atoms with Gasteiger partial charge in [0.25, 0.3) is 0 Å². The van der Waals surface area contributed by atoms with Gasteiger partial charge in [-0.1, -0.05) is 51.1 Å². The minimum atomic E-state index is -2.17. The van der Waals surface area contributed by atoms with Crippen molar-refractivity contribution in [1.82, 2.24) is 10.4 Å². The van der Waals surface area contributed by atoms with Gasteiger partial charge in [-0.05, 0) is 30.7 Å². The van der Waals surface area contributed by atoms with Crippen LogP contribution >= 0.6 is 0 Å². The topological polar surface area (TPSA) is 147 Å². The van der Waals surface area contributed by atoms with Gasteiger partial charge in [0.15, 0.2) is 6.04 Å². The molecule has 0 aliphatic rings. The average Bonchev–Trinajstić information content (AvgIpc) is 2.63. The molecule has 29 heavy (non-hydrogen) atoms. The van der Waals surface area contributed by atoms with Crippen LogP contribution in [0, 0.1) is 5.92 Å². The van der Waals surface area contributed by atoms with Crippen LogP contribution in [0.25, 0.3) is 0 Å². The fraction of sp³-hybridized carbons (Fsp3) is 0.526. The highest BCUT2D eigenvalue weighted by Crippen LogP contribution is 2.13. The third-order valence-electron chi connectivity index (χ3n) is 3.75. The van der Waals surface area contributed by atoms with Crippen LogP contribution in [0.4, 0.5) is 0 Å². The molecule has 0 unspecified atom stereocenters. The Kier molecular flexibility index (Phi) is 13.3. The number of hydrogen-bond donors (Lipinski definition) is 5. The lowest BCUT2D eigenvalue weighted by Crippen LogP contribution is -2.55. The van der Waals surface area contributed by atoms with Gasteiger partial charge in [0.05, 0.1) is 0 Å². The number of amides is 2. The number of carbonyl (C=O) groups is 3. The van der Waals surface area contributed by atoms with Crippen LogP contribution in [0.15, 0.2) is 30.3 Å². The highest BCUT2D eigenvalue weighted by atomic mass is 16.5. The van der Waals surface area contributed by atoms with E-state index in [1.165, 1.54) is 0 Å². The van der Waals surface area contributed by atoms with E-state index in [0.717, 1.165) is 10.6 Å². The molecule has 0 fully saturated rings. The Hall–Kier alpha value is -2.43. The van der Waals surface area contributed by atoms with Gasteiger partial charge in [0, 0.05) is 12.8 Å². The number of rotatable bonds is 9. The van der Waals surface area contributed by atoms with Gasteiger partial charge < -0.3 is 20.2 Å². The van der Waals surface area contributed by atoms with Crippen molar-refractivity contribution in [3.63, 3.8) is 0 Å². The maximum atomic E-state index is 12.3. The Morgan fingerprint density at radius 3 is 2.07 bits per heavy atom. The SMILES string of the molecule is CCCC(=O)N(NC(=O)CCc1ccccc1)[C@@H](CC(C)C)C(=O)O.OB(O)O. The molecule has 9 nitrogen and oxygen atoms in total. The van der Waals surface area contributed by atoms with Gasteiger partial charge in [0.2, 0.25) is 11.8 Å². The van der Waals surface area contributed by atoms with Crippen molar-refractivity contribution in [3.8, 4) is 0 Å². The fourth-order valence-corrected chi connectivity index (χ4v) is 2.50. The van der Waals surface area contributed by atoms with E-state index in [9.17, 15) is 19.5 Å². The minimum absolute atomic E-state index is 0.0826. The standard InChI is InChI=1S/C19H28N2O4.BH3O3/c1-4-8-18(23)21(16(19(24)25)13-14(2)3)20-17(22)12-11-15-9-6-5-7-10-15;2-1(3)4/h5-7,9-10,14,16H,4,8,11-13H2,1-3H3,(H,20,22)(H,24,25);2-4H/t16-;/m0./s1. The van der Waals surface area contributed by atoms with Gasteiger partial charge in [-0.2, -0.15) is 0 Å². The van der Waals surface area contributed by atoms with E-state index in [1.807, 2.05) is 51.1 Å². The highest BCUT2D eigenvalue weighted by molar-refractivity contribution is 6.30. The molecule has 5 N–H and O–H groups in total. The van der Waals surface area contributed by atoms with E-state index >= 15 is 0 Å². The molecule has 162 valence electrons. The zero-order chi connectivity index (χ0) is 22.4. The molecular formula is C19H31BN2O7. The molecule has 10 heteroatoms. The zero-order valence-electron chi connectivity index (χ0n) is 17.1. The lowest BCUT2D eigenvalue weighted by Gasteiger charge is -2.30. The Labute approximate surface area is 171 Å². The molecule has 1 rings (SSSR count). The third-order valence-corrected chi connectivity index (χ3v) is 3.75. The summed E-state index contributed by atoms with van der Waals surface area (Å²) in [4.78, 5) is 36.2. The Bertz CT molecular complexity index is 623. The van der Waals surface area contributed by atoms with Crippen LogP contribution in [-0.2, 0) is 20.8 Å². The molecule has 0 aliphatic heterocycles. The summed E-state index contributed by atoms with van der Waals surface area (Å²) in [5, 5.41) is 32.0. The van der Waals surface area contributed by atoms with E-state index in [2.05, 4.69) is 5.43 Å². The van der Waals surface area contributed by atoms with E-state index < -0.39 is 19.3 Å². The van der Waals surface area contributed by atoms with Crippen molar-refractivity contribution in [3.05, 3.63) is 35.9 Å². The second-order valence-electron chi connectivity index (χ2n) is 6.86. The number of nitrogens with zero attached hydrogens (tertiary/aromatic N) is 1. The van der Waals surface area contributed by atoms with Crippen molar-refractivity contribution in [2.24, 2.45) is 5.92 Å². The summed E-state index contributed by atoms with van der Waals surface area (Å²) < 4.78 is 0. The number of aliphatic carboxylic acids is 1. The number of carboxylic acid groups (broad SMARTS) is 1. The Morgan fingerprint density at radius 2 is 1.62 bits per heavy atom. The molecule has 1 aromatic carbocycles. The summed E-state index contributed by atoms with van der Waals surface area (Å²) in [7, 11) is -2.17. The van der Waals surface area contributed by atoms with Crippen molar-refractivity contribution >= 4 is 25.1 Å². The van der Waals surface area contributed by atoms with Crippen LogP contribution in [0.3, 0.4) is 0 Å². The number of carbonyl (C=O) groups excluding carboxylic acids is 2. The van der Waals surface area contributed by atoms with Gasteiger partial charge in [0.1, 0.15) is 0 Å². The van der Waals surface area contributed by atoms with E-state index in [0.29, 0.717) is 12.8 Å². The van der Waals surface area contributed by atoms with Crippen molar-refractivity contribution in [1.29, 1.82) is 0 Å². The van der Waals surface area contributed by atoms with Gasteiger partial charge >= 0.3 is 13.3 Å². The first-order valence-electron chi connectivity index (χ1n) is 9.50. The molecular weight excluding hydrogens is 379 g/mol. The van der Waals surface area contributed by atoms with Gasteiger partial charge in [-0.15, -0.1) is 0 Å². The second kappa shape index (κ2) is 14.6. The first kappa shape index (κ1) is 26.6. The lowest BCUT2D eigenvalue weighted by atomic mass is 10.0. The first-order chi connectivity index (χ1) is 13.6. The van der Waals surface area contributed by atoms with Gasteiger partial charge in [-0.25, -0.2) is 9.80 Å². The maximum Gasteiger partial charge on any atom is 0.631 e. The lowest BCUT2D eigenvalue weighted by molar-refractivity contribution is -0.156. The molecule has 0 saturated carbocycles.